The Balaban J connectivity index is 2.62. The second-order valence-electron chi connectivity index (χ2n) is 3.45. The molecular formula is C11H8BrClN2O2. The minimum absolute atomic E-state index is 0.0124. The lowest BCUT2D eigenvalue weighted by Crippen LogP contribution is -2.05. The predicted molar refractivity (Wildman–Crippen MR) is 68.3 cm³/mol. The van der Waals surface area contributed by atoms with Crippen LogP contribution in [-0.2, 0) is 7.05 Å². The Morgan fingerprint density at radius 2 is 2.24 bits per heavy atom. The molecule has 88 valence electrons. The molecule has 0 atom stereocenters. The summed E-state index contributed by atoms with van der Waals surface area (Å²) >= 11 is 9.38. The largest absolute Gasteiger partial charge is 0.476 e. The van der Waals surface area contributed by atoms with Crippen LogP contribution in [0.1, 0.15) is 10.5 Å². The van der Waals surface area contributed by atoms with Gasteiger partial charge < -0.3 is 5.11 Å². The third-order valence-corrected chi connectivity index (χ3v) is 3.14. The third kappa shape index (κ3) is 2.21. The van der Waals surface area contributed by atoms with Crippen molar-refractivity contribution in [3.63, 3.8) is 0 Å². The molecule has 0 saturated heterocycles. The molecule has 1 heterocycles. The zero-order valence-electron chi connectivity index (χ0n) is 8.82. The molecule has 0 unspecified atom stereocenters. The van der Waals surface area contributed by atoms with Crippen LogP contribution < -0.4 is 0 Å². The molecule has 0 aliphatic carbocycles. The van der Waals surface area contributed by atoms with Crippen molar-refractivity contribution in [2.45, 2.75) is 0 Å². The van der Waals surface area contributed by atoms with E-state index < -0.39 is 5.97 Å². The minimum Gasteiger partial charge on any atom is -0.476 e. The maximum Gasteiger partial charge on any atom is 0.355 e. The van der Waals surface area contributed by atoms with Crippen LogP contribution in [0.2, 0.25) is 5.02 Å². The van der Waals surface area contributed by atoms with Crippen LogP contribution in [0.25, 0.3) is 11.3 Å². The number of carboxylic acid groups (broad SMARTS) is 1. The Morgan fingerprint density at radius 1 is 1.53 bits per heavy atom. The summed E-state index contributed by atoms with van der Waals surface area (Å²) in [6.45, 7) is 0. The Kier molecular flexibility index (Phi) is 3.22. The molecule has 1 N–H and O–H groups in total. The van der Waals surface area contributed by atoms with Gasteiger partial charge in [0.2, 0.25) is 0 Å². The van der Waals surface area contributed by atoms with Gasteiger partial charge in [-0.3, -0.25) is 4.68 Å². The average Bonchev–Trinajstić information content (AvgIpc) is 2.54. The van der Waals surface area contributed by atoms with Gasteiger partial charge in [-0.1, -0.05) is 39.7 Å². The van der Waals surface area contributed by atoms with Gasteiger partial charge in [0.25, 0.3) is 0 Å². The number of aromatic nitrogens is 2. The lowest BCUT2D eigenvalue weighted by molar-refractivity contribution is 0.0685. The molecule has 0 bridgehead atoms. The normalized spacial score (nSPS) is 10.5. The van der Waals surface area contributed by atoms with E-state index in [4.69, 9.17) is 16.7 Å². The van der Waals surface area contributed by atoms with Crippen molar-refractivity contribution in [3.05, 3.63) is 39.5 Å². The summed E-state index contributed by atoms with van der Waals surface area (Å²) in [6.07, 6.45) is 0. The summed E-state index contributed by atoms with van der Waals surface area (Å²) in [5.74, 6) is -1.09. The zero-order chi connectivity index (χ0) is 12.6. The van der Waals surface area contributed by atoms with Gasteiger partial charge in [0.05, 0.1) is 0 Å². The molecular weight excluding hydrogens is 307 g/mol. The first-order valence-electron chi connectivity index (χ1n) is 4.72. The zero-order valence-corrected chi connectivity index (χ0v) is 11.2. The van der Waals surface area contributed by atoms with Gasteiger partial charge in [-0.05, 0) is 12.1 Å². The van der Waals surface area contributed by atoms with E-state index in [1.54, 1.807) is 7.05 Å². The van der Waals surface area contributed by atoms with Crippen LogP contribution >= 0.6 is 27.5 Å². The number of carboxylic acids is 1. The Morgan fingerprint density at radius 3 is 2.76 bits per heavy atom. The number of hydrogen-bond donors (Lipinski definition) is 1. The van der Waals surface area contributed by atoms with E-state index in [0.717, 1.165) is 10.0 Å². The van der Waals surface area contributed by atoms with Crippen LogP contribution in [0.15, 0.2) is 28.7 Å². The highest BCUT2D eigenvalue weighted by atomic mass is 79.9. The molecule has 4 nitrogen and oxygen atoms in total. The average molecular weight is 316 g/mol. The molecule has 2 aromatic rings. The van der Waals surface area contributed by atoms with Crippen LogP contribution in [0.3, 0.4) is 0 Å². The summed E-state index contributed by atoms with van der Waals surface area (Å²) in [7, 11) is 1.55. The van der Waals surface area contributed by atoms with E-state index in [1.807, 2.05) is 24.3 Å². The van der Waals surface area contributed by atoms with Gasteiger partial charge in [0.15, 0.2) is 5.69 Å². The maximum atomic E-state index is 11.0. The molecule has 1 aromatic heterocycles. The second-order valence-corrected chi connectivity index (χ2v) is 4.74. The second kappa shape index (κ2) is 4.50. The van der Waals surface area contributed by atoms with E-state index in [2.05, 4.69) is 21.0 Å². The van der Waals surface area contributed by atoms with Gasteiger partial charge in [0, 0.05) is 17.1 Å². The fourth-order valence-corrected chi connectivity index (χ4v) is 2.30. The van der Waals surface area contributed by atoms with Crippen molar-refractivity contribution in [1.82, 2.24) is 9.78 Å². The van der Waals surface area contributed by atoms with E-state index in [-0.39, 0.29) is 10.7 Å². The Hall–Kier alpha value is -1.33. The summed E-state index contributed by atoms with van der Waals surface area (Å²) in [5.41, 5.74) is 1.22. The molecule has 1 aromatic carbocycles. The summed E-state index contributed by atoms with van der Waals surface area (Å²) in [5, 5.41) is 13.3. The van der Waals surface area contributed by atoms with Crippen molar-refractivity contribution >= 4 is 33.5 Å². The molecule has 0 amide bonds. The number of halogens is 2. The molecule has 0 aliphatic rings. The molecule has 0 spiro atoms. The van der Waals surface area contributed by atoms with E-state index in [0.29, 0.717) is 5.69 Å². The van der Waals surface area contributed by atoms with Crippen LogP contribution in [-0.4, -0.2) is 20.9 Å². The lowest BCUT2D eigenvalue weighted by atomic mass is 10.1. The predicted octanol–water partition coefficient (Wildman–Crippen LogP) is 3.20. The van der Waals surface area contributed by atoms with Crippen molar-refractivity contribution in [2.24, 2.45) is 7.05 Å². The van der Waals surface area contributed by atoms with E-state index in [1.165, 1.54) is 4.68 Å². The number of aromatic carboxylic acids is 1. The molecule has 0 aliphatic heterocycles. The number of hydrogen-bond acceptors (Lipinski definition) is 2. The first kappa shape index (κ1) is 12.1. The molecule has 2 rings (SSSR count). The van der Waals surface area contributed by atoms with Crippen LogP contribution in [0.5, 0.6) is 0 Å². The summed E-state index contributed by atoms with van der Waals surface area (Å²) in [6, 6.07) is 7.37. The fourth-order valence-electron chi connectivity index (χ4n) is 1.55. The number of aryl methyl sites for hydroxylation is 1. The first-order valence-corrected chi connectivity index (χ1v) is 5.89. The number of carbonyl (C=O) groups is 1. The van der Waals surface area contributed by atoms with Gasteiger partial charge in [-0.2, -0.15) is 5.10 Å². The van der Waals surface area contributed by atoms with Crippen LogP contribution in [0.4, 0.5) is 0 Å². The molecule has 17 heavy (non-hydrogen) atoms. The SMILES string of the molecule is Cn1nc(-c2cccc(Br)c2)c(Cl)c1C(=O)O. The highest BCUT2D eigenvalue weighted by molar-refractivity contribution is 9.10. The molecule has 0 radical (unpaired) electrons. The van der Waals surface area contributed by atoms with E-state index >= 15 is 0 Å². The summed E-state index contributed by atoms with van der Waals surface area (Å²) in [4.78, 5) is 11.0. The highest BCUT2D eigenvalue weighted by Crippen LogP contribution is 2.30. The van der Waals surface area contributed by atoms with Gasteiger partial charge in [-0.15, -0.1) is 0 Å². The van der Waals surface area contributed by atoms with Gasteiger partial charge >= 0.3 is 5.97 Å². The third-order valence-electron chi connectivity index (χ3n) is 2.29. The van der Waals surface area contributed by atoms with Crippen molar-refractivity contribution in [3.8, 4) is 11.3 Å². The number of benzene rings is 1. The quantitative estimate of drug-likeness (QED) is 0.926. The summed E-state index contributed by atoms with van der Waals surface area (Å²) < 4.78 is 2.15. The highest BCUT2D eigenvalue weighted by Gasteiger charge is 2.20. The first-order chi connectivity index (χ1) is 8.00. The minimum atomic E-state index is -1.09. The maximum absolute atomic E-state index is 11.0. The van der Waals surface area contributed by atoms with Crippen molar-refractivity contribution in [1.29, 1.82) is 0 Å². The monoisotopic (exact) mass is 314 g/mol. The van der Waals surface area contributed by atoms with Gasteiger partial charge in [0.1, 0.15) is 10.7 Å². The van der Waals surface area contributed by atoms with E-state index in [9.17, 15) is 4.79 Å². The van der Waals surface area contributed by atoms with Gasteiger partial charge in [-0.25, -0.2) is 4.79 Å². The van der Waals surface area contributed by atoms with Crippen LogP contribution in [0, 0.1) is 0 Å². The molecule has 6 heteroatoms. The van der Waals surface area contributed by atoms with Crippen molar-refractivity contribution in [2.75, 3.05) is 0 Å². The number of rotatable bonds is 2. The lowest BCUT2D eigenvalue weighted by Gasteiger charge is -1.98. The molecule has 0 fully saturated rings. The number of nitrogens with zero attached hydrogens (tertiary/aromatic N) is 2. The topological polar surface area (TPSA) is 55.1 Å². The Bertz CT molecular complexity index is 595. The fraction of sp³-hybridized carbons (Fsp3) is 0.0909. The Labute approximate surface area is 111 Å². The smallest absolute Gasteiger partial charge is 0.355 e. The standard InChI is InChI=1S/C11H8BrClN2O2/c1-15-10(11(16)17)8(13)9(14-15)6-3-2-4-7(12)5-6/h2-5H,1H3,(H,16,17). The van der Waals surface area contributed by atoms with Crippen molar-refractivity contribution < 1.29 is 9.90 Å². The molecule has 0 saturated carbocycles.